The van der Waals surface area contributed by atoms with Crippen molar-refractivity contribution in [1.29, 1.82) is 0 Å². The van der Waals surface area contributed by atoms with E-state index in [1.54, 1.807) is 20.8 Å². The van der Waals surface area contributed by atoms with E-state index in [1.165, 1.54) is 7.11 Å². The third-order valence-corrected chi connectivity index (χ3v) is 9.46. The maximum Gasteiger partial charge on any atom is 0.331 e. The van der Waals surface area contributed by atoms with Crippen molar-refractivity contribution in [2.24, 2.45) is 34.5 Å². The summed E-state index contributed by atoms with van der Waals surface area (Å²) in [6, 6.07) is 0. The van der Waals surface area contributed by atoms with Crippen molar-refractivity contribution in [3.63, 3.8) is 0 Å². The van der Waals surface area contributed by atoms with E-state index < -0.39 is 46.9 Å². The fourth-order valence-corrected chi connectivity index (χ4v) is 7.66. The number of esters is 2. The number of hydrogen-bond acceptors (Lipinski definition) is 8. The van der Waals surface area contributed by atoms with Crippen LogP contribution >= 0.6 is 0 Å². The summed E-state index contributed by atoms with van der Waals surface area (Å²) in [6.45, 7) is 11.9. The summed E-state index contributed by atoms with van der Waals surface area (Å²) in [5.74, 6) is -2.70. The zero-order valence-electron chi connectivity index (χ0n) is 22.0. The second kappa shape index (κ2) is 7.85. The topological polar surface area (TPSA) is 108 Å². The van der Waals surface area contributed by atoms with Crippen LogP contribution in [0.25, 0.3) is 0 Å². The Morgan fingerprint density at radius 2 is 1.83 bits per heavy atom. The molecule has 0 amide bonds. The predicted octanol–water partition coefficient (Wildman–Crippen LogP) is 2.89. The molecule has 8 atom stereocenters. The van der Waals surface area contributed by atoms with Gasteiger partial charge in [-0.15, -0.1) is 0 Å². The van der Waals surface area contributed by atoms with Crippen LogP contribution in [-0.2, 0) is 33.3 Å². The highest BCUT2D eigenvalue weighted by molar-refractivity contribution is 5.96. The maximum atomic E-state index is 14.6. The van der Waals surface area contributed by atoms with Crippen molar-refractivity contribution in [2.45, 2.75) is 71.6 Å². The van der Waals surface area contributed by atoms with Crippen LogP contribution in [0, 0.1) is 34.5 Å². The number of aliphatic hydroxyl groups is 1. The van der Waals surface area contributed by atoms with Gasteiger partial charge in [-0.05, 0) is 61.5 Å². The molecule has 4 aliphatic carbocycles. The van der Waals surface area contributed by atoms with Crippen LogP contribution < -0.4 is 0 Å². The minimum atomic E-state index is -1.88. The second-order valence-electron chi connectivity index (χ2n) is 12.2. The van der Waals surface area contributed by atoms with Crippen LogP contribution in [-0.4, -0.2) is 60.1 Å². The van der Waals surface area contributed by atoms with Gasteiger partial charge in [-0.2, -0.15) is 0 Å². The van der Waals surface area contributed by atoms with Gasteiger partial charge in [0.1, 0.15) is 6.10 Å². The van der Waals surface area contributed by atoms with Gasteiger partial charge in [0.05, 0.1) is 19.1 Å². The maximum absolute atomic E-state index is 14.6. The number of ketones is 1. The van der Waals surface area contributed by atoms with Gasteiger partial charge in [0.25, 0.3) is 0 Å². The Bertz CT molecular complexity index is 1110. The molecule has 3 fully saturated rings. The SMILES string of the molecule is COC(=O)C=CC(=O)O[C@H]1C(C)=C[C@]23C(=O)[C@@H](C=C4COC(C)(C)O[C@H]4[C@]12O)[C@H]1[C@@H](C[C@H]3C)C1(C)C. The van der Waals surface area contributed by atoms with E-state index in [0.29, 0.717) is 17.1 Å². The molecule has 8 nitrogen and oxygen atoms in total. The quantitative estimate of drug-likeness (QED) is 0.358. The first kappa shape index (κ1) is 25.4. The van der Waals surface area contributed by atoms with Gasteiger partial charge in [0, 0.05) is 18.1 Å². The van der Waals surface area contributed by atoms with Crippen molar-refractivity contribution >= 4 is 17.7 Å². The molecule has 0 aromatic heterocycles. The molecule has 36 heavy (non-hydrogen) atoms. The zero-order chi connectivity index (χ0) is 26.4. The molecular weight excluding hydrogens is 464 g/mol. The first-order chi connectivity index (χ1) is 16.7. The zero-order valence-corrected chi connectivity index (χ0v) is 22.0. The Kier molecular flexibility index (Phi) is 5.53. The molecule has 1 aliphatic heterocycles. The molecule has 196 valence electrons. The summed E-state index contributed by atoms with van der Waals surface area (Å²) in [5, 5.41) is 12.8. The molecule has 2 bridgehead atoms. The molecule has 0 aromatic carbocycles. The second-order valence-corrected chi connectivity index (χ2v) is 12.2. The molecule has 5 aliphatic rings. The molecular formula is C28H36O8. The number of carbonyl (C=O) groups is 3. The number of rotatable bonds is 3. The summed E-state index contributed by atoms with van der Waals surface area (Å²) in [4.78, 5) is 38.8. The number of allylic oxidation sites excluding steroid dienone is 1. The normalized spacial score (nSPS) is 43.7. The fourth-order valence-electron chi connectivity index (χ4n) is 7.66. The largest absolute Gasteiger partial charge is 0.466 e. The lowest BCUT2D eigenvalue weighted by Gasteiger charge is -2.52. The summed E-state index contributed by atoms with van der Waals surface area (Å²) >= 11 is 0. The average molecular weight is 501 g/mol. The minimum absolute atomic E-state index is 0.0166. The van der Waals surface area contributed by atoms with Crippen LogP contribution in [0.5, 0.6) is 0 Å². The van der Waals surface area contributed by atoms with Gasteiger partial charge in [-0.3, -0.25) is 4.79 Å². The molecule has 2 saturated carbocycles. The molecule has 8 heteroatoms. The van der Waals surface area contributed by atoms with Crippen LogP contribution in [0.15, 0.2) is 35.5 Å². The van der Waals surface area contributed by atoms with Crippen LogP contribution in [0.3, 0.4) is 0 Å². The molecule has 1 spiro atoms. The predicted molar refractivity (Wildman–Crippen MR) is 128 cm³/mol. The molecule has 5 rings (SSSR count). The van der Waals surface area contributed by atoms with Crippen molar-refractivity contribution in [3.05, 3.63) is 35.5 Å². The van der Waals surface area contributed by atoms with E-state index in [1.807, 2.05) is 19.1 Å². The average Bonchev–Trinajstić information content (AvgIpc) is 3.30. The molecule has 0 unspecified atom stereocenters. The van der Waals surface area contributed by atoms with Crippen LogP contribution in [0.4, 0.5) is 0 Å². The van der Waals surface area contributed by atoms with E-state index in [-0.39, 0.29) is 29.6 Å². The van der Waals surface area contributed by atoms with E-state index in [9.17, 15) is 19.5 Å². The van der Waals surface area contributed by atoms with Gasteiger partial charge in [0.15, 0.2) is 23.3 Å². The lowest BCUT2D eigenvalue weighted by atomic mass is 9.59. The highest BCUT2D eigenvalue weighted by atomic mass is 16.7. The molecule has 1 N–H and O–H groups in total. The standard InChI is InChI=1S/C28H36O8/c1-14-12-27-15(2)10-18-21(25(18,3)4)17(22(27)31)11-16-13-34-26(5,6)36-24(16)28(27,32)23(14)35-20(30)9-8-19(29)33-7/h8-9,11-12,15,17-18,21,23-24,32H,10,13H2,1-7H3/t15-,17+,18-,21+,23+,24-,27+,28-/m1/s1. The Balaban J connectivity index is 1.65. The van der Waals surface area contributed by atoms with Crippen molar-refractivity contribution in [3.8, 4) is 0 Å². The van der Waals surface area contributed by atoms with Crippen molar-refractivity contribution in [1.82, 2.24) is 0 Å². The molecule has 0 aromatic rings. The summed E-state index contributed by atoms with van der Waals surface area (Å²) < 4.78 is 22.7. The number of hydrogen-bond donors (Lipinski definition) is 1. The van der Waals surface area contributed by atoms with Crippen molar-refractivity contribution < 1.29 is 38.4 Å². The Morgan fingerprint density at radius 3 is 2.50 bits per heavy atom. The van der Waals surface area contributed by atoms with Gasteiger partial charge in [0.2, 0.25) is 0 Å². The Hall–Kier alpha value is -2.29. The van der Waals surface area contributed by atoms with Crippen LogP contribution in [0.2, 0.25) is 0 Å². The van der Waals surface area contributed by atoms with Gasteiger partial charge < -0.3 is 24.1 Å². The van der Waals surface area contributed by atoms with Gasteiger partial charge in [-0.25, -0.2) is 9.59 Å². The third-order valence-electron chi connectivity index (χ3n) is 9.46. The Labute approximate surface area is 211 Å². The highest BCUT2D eigenvalue weighted by Gasteiger charge is 2.77. The highest BCUT2D eigenvalue weighted by Crippen LogP contribution is 2.72. The third kappa shape index (κ3) is 3.26. The number of ether oxygens (including phenoxy) is 4. The van der Waals surface area contributed by atoms with Crippen LogP contribution in [0.1, 0.15) is 48.0 Å². The monoisotopic (exact) mass is 500 g/mol. The van der Waals surface area contributed by atoms with Crippen molar-refractivity contribution in [2.75, 3.05) is 13.7 Å². The smallest absolute Gasteiger partial charge is 0.331 e. The summed E-state index contributed by atoms with van der Waals surface area (Å²) in [5.41, 5.74) is -1.89. The summed E-state index contributed by atoms with van der Waals surface area (Å²) in [6.07, 6.45) is 4.42. The molecule has 0 radical (unpaired) electrons. The number of methoxy groups -OCH3 is 1. The van der Waals surface area contributed by atoms with E-state index >= 15 is 0 Å². The minimum Gasteiger partial charge on any atom is -0.466 e. The molecule has 1 saturated heterocycles. The van der Waals surface area contributed by atoms with E-state index in [4.69, 9.17) is 14.2 Å². The van der Waals surface area contributed by atoms with Gasteiger partial charge in [-0.1, -0.05) is 32.9 Å². The lowest BCUT2D eigenvalue weighted by Crippen LogP contribution is -2.68. The number of carbonyl (C=O) groups excluding carboxylic acids is 3. The van der Waals surface area contributed by atoms with E-state index in [2.05, 4.69) is 18.6 Å². The first-order valence-corrected chi connectivity index (χ1v) is 12.7. The molecule has 1 heterocycles. The first-order valence-electron chi connectivity index (χ1n) is 12.7. The summed E-state index contributed by atoms with van der Waals surface area (Å²) in [7, 11) is 1.21. The van der Waals surface area contributed by atoms with Gasteiger partial charge >= 0.3 is 11.9 Å². The van der Waals surface area contributed by atoms with E-state index in [0.717, 1.165) is 18.6 Å². The Morgan fingerprint density at radius 1 is 1.17 bits per heavy atom. The number of Topliss-reactive ketones (excluding diaryl/α,β-unsaturated/α-hetero) is 1. The number of fused-ring (bicyclic) bond motifs is 5. The fraction of sp³-hybridized carbons (Fsp3) is 0.679. The lowest BCUT2D eigenvalue weighted by molar-refractivity contribution is -0.303.